The Labute approximate surface area is 389 Å². The molecule has 4 heterocycles. The summed E-state index contributed by atoms with van der Waals surface area (Å²) in [7, 11) is 0. The molecule has 0 unspecified atom stereocenters. The highest BCUT2D eigenvalue weighted by molar-refractivity contribution is 5.60. The first-order valence-electron chi connectivity index (χ1n) is 17.4. The zero-order valence-corrected chi connectivity index (χ0v) is 41.6. The molecule has 19 heteroatoms. The summed E-state index contributed by atoms with van der Waals surface area (Å²) in [4.78, 5) is 28.5. The number of benzene rings is 1. The highest BCUT2D eigenvalue weighted by Gasteiger charge is 2.16. The molecule has 2 aliphatic heterocycles. The SMILES string of the molecule is CC(=O)[O-].[Br-].[Br-].[Br-].[Br-].[Br-].[Br-].[Br-].c1cc(C[NH+]2CCC[NH2+]Cc3c[nH+]cc(n3)C[NH2+]CCC2)ccc1C[NH+]1CCC[NH2+]Cc2c[nH+]cc(n2)C[NH2+]CCC1. The molecular weight excluding hydrogens is 1140 g/mol. The summed E-state index contributed by atoms with van der Waals surface area (Å²) in [6.07, 6.45) is 13.2. The van der Waals surface area contributed by atoms with Crippen LogP contribution in [-0.4, -0.2) is 68.3 Å². The predicted octanol–water partition coefficient (Wildman–Crippen LogP) is -28.1. The summed E-state index contributed by atoms with van der Waals surface area (Å²) in [6.45, 7) is 16.7. The van der Waals surface area contributed by atoms with Crippen LogP contribution in [0.15, 0.2) is 49.1 Å². The fraction of sp³-hybridized carbons (Fsp3) is 0.559. The van der Waals surface area contributed by atoms with Gasteiger partial charge >= 0.3 is 0 Å². The highest BCUT2D eigenvalue weighted by Crippen LogP contribution is 2.03. The number of quaternary nitrogens is 6. The molecule has 0 amide bonds. The second kappa shape index (κ2) is 36.3. The van der Waals surface area contributed by atoms with E-state index in [4.69, 9.17) is 19.9 Å². The third-order valence-corrected chi connectivity index (χ3v) is 8.67. The molecule has 12 nitrogen and oxygen atoms in total. The number of fused-ring (bicyclic) bond motifs is 4. The maximum absolute atomic E-state index is 8.89. The number of H-pyrrole nitrogens is 2. The van der Waals surface area contributed by atoms with E-state index in [1.165, 1.54) is 63.0 Å². The monoisotopic (exact) mass is 1190 g/mol. The van der Waals surface area contributed by atoms with Gasteiger partial charge in [-0.15, -0.1) is 0 Å². The van der Waals surface area contributed by atoms with E-state index in [1.54, 1.807) is 9.80 Å². The van der Waals surface area contributed by atoms with E-state index >= 15 is 0 Å². The summed E-state index contributed by atoms with van der Waals surface area (Å²) < 4.78 is 0. The Morgan fingerprint density at radius 1 is 0.566 bits per heavy atom. The molecule has 0 radical (unpaired) electrons. The second-order valence-electron chi connectivity index (χ2n) is 12.8. The molecule has 3 aromatic rings. The standard InChI is InChI=1S/C32H48N10.C2H4O2.7BrH/c1-9-33-17-29-21-37-22-30(39-29)18-34-10-2-14-41(13-1)25-27-5-7-28(8-6-27)26-42-15-3-11-35-19-31-23-38-24-32(40-31)20-36-12-4-16-42;1-2(3)4;;;;;;;/h5-8,21-24,33-36H,1-4,9-20,25-26H2;1H3,(H,3,4);7*1H. The van der Waals surface area contributed by atoms with Gasteiger partial charge in [0, 0.05) is 42.8 Å². The van der Waals surface area contributed by atoms with Crippen molar-refractivity contribution in [2.24, 2.45) is 0 Å². The van der Waals surface area contributed by atoms with Crippen molar-refractivity contribution < 1.29 is 170 Å². The normalized spacial score (nSPS) is 15.9. The number of halogens is 7. The van der Waals surface area contributed by atoms with Crippen LogP contribution in [0.3, 0.4) is 0 Å². The fourth-order valence-corrected chi connectivity index (χ4v) is 6.33. The van der Waals surface area contributed by atoms with E-state index in [2.05, 4.69) is 55.5 Å². The number of hydrogen-bond donors (Lipinski definition) is 6. The Bertz CT molecular complexity index is 1170. The van der Waals surface area contributed by atoms with E-state index in [1.807, 2.05) is 24.8 Å². The largest absolute Gasteiger partial charge is 1.00 e. The van der Waals surface area contributed by atoms with Crippen molar-refractivity contribution >= 4 is 5.97 Å². The first kappa shape index (κ1) is 59.7. The van der Waals surface area contributed by atoms with Crippen molar-refractivity contribution in [2.75, 3.05) is 52.4 Å². The lowest BCUT2D eigenvalue weighted by atomic mass is 10.1. The number of carbonyl (C=O) groups excluding carboxylic acids is 1. The lowest BCUT2D eigenvalue weighted by molar-refractivity contribution is -0.917. The molecule has 2 aromatic heterocycles. The van der Waals surface area contributed by atoms with Gasteiger partial charge in [0.2, 0.25) is 0 Å². The van der Waals surface area contributed by atoms with Crippen molar-refractivity contribution in [3.63, 3.8) is 0 Å². The van der Waals surface area contributed by atoms with E-state index in [0.29, 0.717) is 0 Å². The van der Waals surface area contributed by atoms with Crippen LogP contribution in [0.2, 0.25) is 0 Å². The van der Waals surface area contributed by atoms with Crippen molar-refractivity contribution in [2.45, 2.75) is 71.9 Å². The van der Waals surface area contributed by atoms with Gasteiger partial charge < -0.3 is 160 Å². The predicted molar refractivity (Wildman–Crippen MR) is 168 cm³/mol. The summed E-state index contributed by atoms with van der Waals surface area (Å²) in [5.41, 5.74) is 7.59. The fourth-order valence-electron chi connectivity index (χ4n) is 6.33. The molecule has 306 valence electrons. The molecule has 53 heavy (non-hydrogen) atoms. The molecule has 4 bridgehead atoms. The Hall–Kier alpha value is -0.0300. The van der Waals surface area contributed by atoms with E-state index in [-0.39, 0.29) is 119 Å². The molecule has 5 rings (SSSR count). The second-order valence-corrected chi connectivity index (χ2v) is 12.8. The third kappa shape index (κ3) is 26.5. The molecule has 0 aliphatic carbocycles. The highest BCUT2D eigenvalue weighted by atomic mass is 79.9. The minimum Gasteiger partial charge on any atom is -1.00 e. The maximum Gasteiger partial charge on any atom is 0.194 e. The van der Waals surface area contributed by atoms with Gasteiger partial charge in [0.05, 0.1) is 52.4 Å². The summed E-state index contributed by atoms with van der Waals surface area (Å²) >= 11 is 0. The molecule has 0 saturated heterocycles. The Morgan fingerprint density at radius 2 is 0.811 bits per heavy atom. The van der Waals surface area contributed by atoms with E-state index in [0.717, 1.165) is 95.1 Å². The van der Waals surface area contributed by atoms with Gasteiger partial charge in [0.25, 0.3) is 0 Å². The zero-order valence-electron chi connectivity index (χ0n) is 30.5. The molecule has 0 atom stereocenters. The minimum absolute atomic E-state index is 0. The Morgan fingerprint density at radius 3 is 1.06 bits per heavy atom. The minimum atomic E-state index is -1.08. The number of aliphatic carboxylic acids is 1. The van der Waals surface area contributed by atoms with Crippen molar-refractivity contribution in [1.82, 2.24) is 9.97 Å². The van der Waals surface area contributed by atoms with Crippen molar-refractivity contribution in [1.29, 1.82) is 0 Å². The lowest BCUT2D eigenvalue weighted by Gasteiger charge is -2.21. The third-order valence-electron chi connectivity index (χ3n) is 8.67. The topological polar surface area (TPSA) is 170 Å². The smallest absolute Gasteiger partial charge is 0.194 e. The van der Waals surface area contributed by atoms with Crippen LogP contribution in [0, 0.1) is 0 Å². The van der Waals surface area contributed by atoms with Crippen LogP contribution in [0.4, 0.5) is 0 Å². The van der Waals surface area contributed by atoms with Gasteiger partial charge in [-0.05, 0) is 6.92 Å². The molecule has 0 spiro atoms. The quantitative estimate of drug-likeness (QED) is 0.153. The molecular formula is C34H59Br7N10O2. The number of hydrogen-bond acceptors (Lipinski definition) is 4. The van der Waals surface area contributed by atoms with Crippen LogP contribution in [0.5, 0.6) is 0 Å². The van der Waals surface area contributed by atoms with Gasteiger partial charge in [-0.3, -0.25) is 0 Å². The van der Waals surface area contributed by atoms with Crippen molar-refractivity contribution in [3.05, 3.63) is 83.0 Å². The molecule has 1 aromatic carbocycles. The molecule has 0 saturated carbocycles. The number of rotatable bonds is 4. The lowest BCUT2D eigenvalue weighted by Crippen LogP contribution is -3.11. The average molecular weight is 1200 g/mol. The number of aromatic amines is 2. The summed E-state index contributed by atoms with van der Waals surface area (Å²) in [6, 6.07) is 9.62. The van der Waals surface area contributed by atoms with Gasteiger partial charge in [0.15, 0.2) is 47.6 Å². The summed E-state index contributed by atoms with van der Waals surface area (Å²) in [5.74, 6) is -1.08. The first-order chi connectivity index (χ1) is 22.5. The number of nitrogens with zero attached hydrogens (tertiary/aromatic N) is 2. The summed E-state index contributed by atoms with van der Waals surface area (Å²) in [5, 5.41) is 18.5. The van der Waals surface area contributed by atoms with Gasteiger partial charge in [0.1, 0.15) is 39.3 Å². The molecule has 2 aliphatic rings. The number of aromatic nitrogens is 4. The Kier molecular flexibility index (Phi) is 40.9. The van der Waals surface area contributed by atoms with Crippen LogP contribution >= 0.6 is 0 Å². The van der Waals surface area contributed by atoms with Gasteiger partial charge in [-0.1, -0.05) is 24.3 Å². The van der Waals surface area contributed by atoms with Gasteiger partial charge in [-0.2, -0.15) is 0 Å². The van der Waals surface area contributed by atoms with E-state index < -0.39 is 5.97 Å². The molecule has 12 N–H and O–H groups in total. The van der Waals surface area contributed by atoms with E-state index in [9.17, 15) is 0 Å². The van der Waals surface area contributed by atoms with Gasteiger partial charge in [-0.25, -0.2) is 19.9 Å². The number of carbonyl (C=O) groups is 1. The zero-order chi connectivity index (χ0) is 32.2. The van der Waals surface area contributed by atoms with Crippen LogP contribution in [-0.2, 0) is 44.1 Å². The average Bonchev–Trinajstić information content (AvgIpc) is 3.04. The van der Waals surface area contributed by atoms with Crippen LogP contribution in [0.1, 0.15) is 66.5 Å². The number of carboxylic acids is 1. The Balaban J connectivity index is -0.00000104. The number of nitrogens with two attached hydrogens (primary N) is 4. The van der Waals surface area contributed by atoms with Crippen molar-refractivity contribution in [3.8, 4) is 0 Å². The molecule has 0 fully saturated rings. The van der Waals surface area contributed by atoms with Crippen LogP contribution < -0.4 is 165 Å². The number of nitrogens with one attached hydrogen (secondary N) is 4. The number of carboxylic acid groups (broad SMARTS) is 1. The van der Waals surface area contributed by atoms with Crippen LogP contribution in [0.25, 0.3) is 0 Å². The maximum atomic E-state index is 8.89. The first-order valence-corrected chi connectivity index (χ1v) is 17.4.